The van der Waals surface area contributed by atoms with Crippen molar-refractivity contribution in [3.63, 3.8) is 0 Å². The fourth-order valence-corrected chi connectivity index (χ4v) is 4.51. The van der Waals surface area contributed by atoms with Gasteiger partial charge in [0.1, 0.15) is 5.75 Å². The van der Waals surface area contributed by atoms with Crippen LogP contribution in [-0.4, -0.2) is 52.1 Å². The van der Waals surface area contributed by atoms with E-state index in [4.69, 9.17) is 15.0 Å². The highest BCUT2D eigenvalue weighted by Gasteiger charge is 2.20. The smallest absolute Gasteiger partial charge is 0.259 e. The summed E-state index contributed by atoms with van der Waals surface area (Å²) in [5, 5.41) is 16.0. The number of benzene rings is 2. The zero-order chi connectivity index (χ0) is 24.0. The number of hydrogen-bond donors (Lipinski definition) is 3. The number of rotatable bonds is 6. The van der Waals surface area contributed by atoms with Crippen molar-refractivity contribution in [2.24, 2.45) is 0 Å². The van der Waals surface area contributed by atoms with Crippen LogP contribution in [0.25, 0.3) is 0 Å². The highest BCUT2D eigenvalue weighted by Crippen LogP contribution is 2.25. The van der Waals surface area contributed by atoms with Crippen LogP contribution >= 0.6 is 0 Å². The van der Waals surface area contributed by atoms with Crippen molar-refractivity contribution < 1.29 is 9.90 Å². The number of aromatic hydroxyl groups is 1. The Morgan fingerprint density at radius 1 is 0.714 bits per heavy atom. The molecule has 2 aliphatic rings. The summed E-state index contributed by atoms with van der Waals surface area (Å²) in [6.45, 7) is 3.87. The molecular weight excluding hydrogens is 442 g/mol. The number of amides is 1. The van der Waals surface area contributed by atoms with Crippen molar-refractivity contribution in [3.8, 4) is 5.75 Å². The van der Waals surface area contributed by atoms with E-state index in [9.17, 15) is 9.90 Å². The van der Waals surface area contributed by atoms with E-state index in [1.54, 1.807) is 30.3 Å². The summed E-state index contributed by atoms with van der Waals surface area (Å²) in [6, 6.07) is 13.8. The Kier molecular flexibility index (Phi) is 6.92. The van der Waals surface area contributed by atoms with E-state index in [0.717, 1.165) is 69.4 Å². The first kappa shape index (κ1) is 22.9. The van der Waals surface area contributed by atoms with Crippen LogP contribution in [0.1, 0.15) is 48.9 Å². The molecule has 9 heteroatoms. The first-order valence-corrected chi connectivity index (χ1v) is 12.4. The lowest BCUT2D eigenvalue weighted by atomic mass is 10.1. The first-order chi connectivity index (χ1) is 17.2. The summed E-state index contributed by atoms with van der Waals surface area (Å²) in [5.74, 6) is 1.57. The molecule has 9 nitrogen and oxygen atoms in total. The molecule has 0 radical (unpaired) electrons. The van der Waals surface area contributed by atoms with E-state index < -0.39 is 0 Å². The lowest BCUT2D eigenvalue weighted by Crippen LogP contribution is -2.34. The molecule has 0 bridgehead atoms. The van der Waals surface area contributed by atoms with Crippen molar-refractivity contribution in [1.82, 2.24) is 15.0 Å². The number of nitrogens with one attached hydrogen (secondary N) is 2. The standard InChI is InChI=1S/C26H31N7O2/c34-22-10-4-3-9-21(22)23(35)27-19-11-13-20(14-12-19)28-24-29-25(32-15-5-1-6-16-32)31-26(30-24)33-17-7-2-8-18-33/h3-4,9-14,34H,1-2,5-8,15-18H2,(H,27,35)(H,28,29,30,31). The lowest BCUT2D eigenvalue weighted by molar-refractivity contribution is 0.102. The number of carbonyl (C=O) groups is 1. The molecule has 182 valence electrons. The summed E-state index contributed by atoms with van der Waals surface area (Å²) >= 11 is 0. The van der Waals surface area contributed by atoms with E-state index in [-0.39, 0.29) is 17.2 Å². The minimum atomic E-state index is -0.362. The molecule has 0 spiro atoms. The number of phenols is 1. The number of aromatic nitrogens is 3. The average molecular weight is 474 g/mol. The van der Waals surface area contributed by atoms with Crippen molar-refractivity contribution in [1.29, 1.82) is 0 Å². The number of hydrogen-bond acceptors (Lipinski definition) is 8. The number of anilines is 5. The van der Waals surface area contributed by atoms with Gasteiger partial charge in [0.05, 0.1) is 5.56 Å². The highest BCUT2D eigenvalue weighted by molar-refractivity contribution is 6.06. The summed E-state index contributed by atoms with van der Waals surface area (Å²) in [6.07, 6.45) is 7.11. The Morgan fingerprint density at radius 2 is 1.26 bits per heavy atom. The van der Waals surface area contributed by atoms with Crippen LogP contribution in [0.15, 0.2) is 48.5 Å². The van der Waals surface area contributed by atoms with Gasteiger partial charge in [0.2, 0.25) is 17.8 Å². The Labute approximate surface area is 205 Å². The van der Waals surface area contributed by atoms with Crippen LogP contribution in [0.5, 0.6) is 5.75 Å². The summed E-state index contributed by atoms with van der Waals surface area (Å²) in [4.78, 5) is 31.3. The zero-order valence-corrected chi connectivity index (χ0v) is 19.8. The van der Waals surface area contributed by atoms with Gasteiger partial charge in [-0.2, -0.15) is 15.0 Å². The van der Waals surface area contributed by atoms with Gasteiger partial charge in [0.25, 0.3) is 5.91 Å². The van der Waals surface area contributed by atoms with E-state index >= 15 is 0 Å². The third-order valence-electron chi connectivity index (χ3n) is 6.44. The van der Waals surface area contributed by atoms with Crippen molar-refractivity contribution in [3.05, 3.63) is 54.1 Å². The molecular formula is C26H31N7O2. The molecule has 0 aliphatic carbocycles. The van der Waals surface area contributed by atoms with E-state index in [0.29, 0.717) is 11.6 Å². The Balaban J connectivity index is 1.32. The van der Waals surface area contributed by atoms with Gasteiger partial charge in [-0.05, 0) is 74.9 Å². The molecule has 5 rings (SSSR count). The van der Waals surface area contributed by atoms with Crippen LogP contribution < -0.4 is 20.4 Å². The highest BCUT2D eigenvalue weighted by atomic mass is 16.3. The van der Waals surface area contributed by atoms with Crippen LogP contribution in [0, 0.1) is 0 Å². The quantitative estimate of drug-likeness (QED) is 0.479. The number of para-hydroxylation sites is 1. The summed E-state index contributed by atoms with van der Waals surface area (Å²) in [7, 11) is 0. The van der Waals surface area contributed by atoms with Gasteiger partial charge >= 0.3 is 0 Å². The molecule has 1 aromatic heterocycles. The van der Waals surface area contributed by atoms with E-state index in [1.807, 2.05) is 12.1 Å². The molecule has 2 aliphatic heterocycles. The number of carbonyl (C=O) groups excluding carboxylic acids is 1. The summed E-state index contributed by atoms with van der Waals surface area (Å²) in [5.41, 5.74) is 1.67. The molecule has 2 aromatic carbocycles. The Hall–Kier alpha value is -3.88. The molecule has 3 aromatic rings. The lowest BCUT2D eigenvalue weighted by Gasteiger charge is -2.30. The number of phenolic OH excluding ortho intramolecular Hbond substituents is 1. The fourth-order valence-electron chi connectivity index (χ4n) is 4.51. The minimum Gasteiger partial charge on any atom is -0.507 e. The van der Waals surface area contributed by atoms with Gasteiger partial charge in [-0.15, -0.1) is 0 Å². The molecule has 3 heterocycles. The Bertz CT molecular complexity index is 1120. The maximum absolute atomic E-state index is 12.5. The normalized spacial score (nSPS) is 16.1. The molecule has 35 heavy (non-hydrogen) atoms. The van der Waals surface area contributed by atoms with Gasteiger partial charge in [-0.25, -0.2) is 0 Å². The van der Waals surface area contributed by atoms with Gasteiger partial charge in [0, 0.05) is 37.6 Å². The second-order valence-corrected chi connectivity index (χ2v) is 9.03. The van der Waals surface area contributed by atoms with Crippen LogP contribution in [-0.2, 0) is 0 Å². The molecule has 0 saturated carbocycles. The molecule has 0 unspecified atom stereocenters. The van der Waals surface area contributed by atoms with Crippen molar-refractivity contribution >= 4 is 35.1 Å². The van der Waals surface area contributed by atoms with Gasteiger partial charge in [-0.1, -0.05) is 12.1 Å². The second kappa shape index (κ2) is 10.6. The average Bonchev–Trinajstić information content (AvgIpc) is 2.91. The maximum atomic E-state index is 12.5. The third kappa shape index (κ3) is 5.62. The van der Waals surface area contributed by atoms with Crippen LogP contribution in [0.3, 0.4) is 0 Å². The van der Waals surface area contributed by atoms with E-state index in [2.05, 4.69) is 20.4 Å². The van der Waals surface area contributed by atoms with Crippen molar-refractivity contribution in [2.75, 3.05) is 46.6 Å². The third-order valence-corrected chi connectivity index (χ3v) is 6.44. The van der Waals surface area contributed by atoms with Gasteiger partial charge in [-0.3, -0.25) is 4.79 Å². The maximum Gasteiger partial charge on any atom is 0.259 e. The number of piperidine rings is 2. The zero-order valence-electron chi connectivity index (χ0n) is 19.8. The monoisotopic (exact) mass is 473 g/mol. The second-order valence-electron chi connectivity index (χ2n) is 9.03. The molecule has 0 atom stereocenters. The largest absolute Gasteiger partial charge is 0.507 e. The molecule has 3 N–H and O–H groups in total. The molecule has 1 amide bonds. The minimum absolute atomic E-state index is 0.0489. The van der Waals surface area contributed by atoms with Crippen LogP contribution in [0.4, 0.5) is 29.2 Å². The predicted octanol–water partition coefficient (Wildman–Crippen LogP) is 4.55. The van der Waals surface area contributed by atoms with E-state index in [1.165, 1.54) is 18.9 Å². The SMILES string of the molecule is O=C(Nc1ccc(Nc2nc(N3CCCCC3)nc(N3CCCCC3)n2)cc1)c1ccccc1O. The number of nitrogens with zero attached hydrogens (tertiary/aromatic N) is 5. The topological polar surface area (TPSA) is 107 Å². The molecule has 2 fully saturated rings. The van der Waals surface area contributed by atoms with Gasteiger partial charge < -0.3 is 25.5 Å². The first-order valence-electron chi connectivity index (χ1n) is 12.4. The van der Waals surface area contributed by atoms with Crippen molar-refractivity contribution in [2.45, 2.75) is 38.5 Å². The fraction of sp³-hybridized carbons (Fsp3) is 0.385. The Morgan fingerprint density at radius 3 is 1.83 bits per heavy atom. The predicted molar refractivity (Wildman–Crippen MR) is 138 cm³/mol. The van der Waals surface area contributed by atoms with Crippen LogP contribution in [0.2, 0.25) is 0 Å². The van der Waals surface area contributed by atoms with Gasteiger partial charge in [0.15, 0.2) is 0 Å². The molecule has 2 saturated heterocycles. The summed E-state index contributed by atoms with van der Waals surface area (Å²) < 4.78 is 0.